The number of rotatable bonds is 2. The van der Waals surface area contributed by atoms with Gasteiger partial charge in [0.15, 0.2) is 0 Å². The fraction of sp³-hybridized carbons (Fsp3) is 0.846. The lowest BCUT2D eigenvalue weighted by molar-refractivity contribution is -0.131. The zero-order valence-electron chi connectivity index (χ0n) is 11.9. The third kappa shape index (κ3) is 3.37. The van der Waals surface area contributed by atoms with Crippen LogP contribution in [0, 0.1) is 5.92 Å². The standard InChI is InChI=1S/C13H24N2O3/c1-9(2)13(7-6-8-14-10(13)16)15-11(17)18-12(3,4)5/h9H,6-8H2,1-5H3,(H,14,16)(H,15,17). The van der Waals surface area contributed by atoms with E-state index in [1.54, 1.807) is 20.8 Å². The predicted octanol–water partition coefficient (Wildman–Crippen LogP) is 1.82. The summed E-state index contributed by atoms with van der Waals surface area (Å²) in [4.78, 5) is 23.9. The Balaban J connectivity index is 2.80. The van der Waals surface area contributed by atoms with Crippen molar-refractivity contribution >= 4 is 12.0 Å². The molecule has 0 aromatic rings. The molecule has 2 N–H and O–H groups in total. The van der Waals surface area contributed by atoms with Gasteiger partial charge >= 0.3 is 6.09 Å². The number of amides is 2. The number of hydrogen-bond donors (Lipinski definition) is 2. The highest BCUT2D eigenvalue weighted by atomic mass is 16.6. The lowest BCUT2D eigenvalue weighted by atomic mass is 9.79. The number of hydrogen-bond acceptors (Lipinski definition) is 3. The zero-order chi connectivity index (χ0) is 14.0. The number of alkyl carbamates (subject to hydrolysis) is 1. The Bertz CT molecular complexity index is 334. The molecule has 0 aromatic heterocycles. The van der Waals surface area contributed by atoms with E-state index in [9.17, 15) is 9.59 Å². The van der Waals surface area contributed by atoms with Gasteiger partial charge in [-0.15, -0.1) is 0 Å². The van der Waals surface area contributed by atoms with Crippen LogP contribution in [-0.2, 0) is 9.53 Å². The molecule has 1 fully saturated rings. The van der Waals surface area contributed by atoms with Gasteiger partial charge in [-0.25, -0.2) is 4.79 Å². The van der Waals surface area contributed by atoms with Crippen molar-refractivity contribution in [3.8, 4) is 0 Å². The molecule has 5 heteroatoms. The molecule has 1 aliphatic heterocycles. The van der Waals surface area contributed by atoms with Gasteiger partial charge in [0.1, 0.15) is 11.1 Å². The number of piperidine rings is 1. The zero-order valence-corrected chi connectivity index (χ0v) is 11.9. The Morgan fingerprint density at radius 1 is 1.44 bits per heavy atom. The van der Waals surface area contributed by atoms with Gasteiger partial charge in [-0.05, 0) is 39.5 Å². The van der Waals surface area contributed by atoms with Crippen molar-refractivity contribution in [2.45, 2.75) is 58.6 Å². The molecule has 5 nitrogen and oxygen atoms in total. The predicted molar refractivity (Wildman–Crippen MR) is 69.2 cm³/mol. The summed E-state index contributed by atoms with van der Waals surface area (Å²) >= 11 is 0. The molecule has 0 spiro atoms. The Hall–Kier alpha value is -1.26. The molecule has 1 atom stereocenters. The molecule has 1 aliphatic rings. The molecular formula is C13H24N2O3. The van der Waals surface area contributed by atoms with Crippen molar-refractivity contribution in [1.29, 1.82) is 0 Å². The molecule has 0 aliphatic carbocycles. The van der Waals surface area contributed by atoms with Crippen molar-refractivity contribution < 1.29 is 14.3 Å². The van der Waals surface area contributed by atoms with E-state index in [0.29, 0.717) is 13.0 Å². The average molecular weight is 256 g/mol. The maximum absolute atomic E-state index is 12.1. The van der Waals surface area contributed by atoms with E-state index in [2.05, 4.69) is 10.6 Å². The number of ether oxygens (including phenoxy) is 1. The third-order valence-electron chi connectivity index (χ3n) is 3.15. The first kappa shape index (κ1) is 14.8. The smallest absolute Gasteiger partial charge is 0.408 e. The number of nitrogens with one attached hydrogen (secondary N) is 2. The van der Waals surface area contributed by atoms with Crippen molar-refractivity contribution in [2.75, 3.05) is 6.54 Å². The molecule has 0 radical (unpaired) electrons. The van der Waals surface area contributed by atoms with Crippen LogP contribution in [0.4, 0.5) is 4.79 Å². The second-order valence-corrected chi connectivity index (χ2v) is 6.11. The van der Waals surface area contributed by atoms with Crippen LogP contribution >= 0.6 is 0 Å². The molecule has 1 rings (SSSR count). The van der Waals surface area contributed by atoms with Crippen molar-refractivity contribution in [3.63, 3.8) is 0 Å². The van der Waals surface area contributed by atoms with Crippen LogP contribution in [0.3, 0.4) is 0 Å². The number of carbonyl (C=O) groups is 2. The monoisotopic (exact) mass is 256 g/mol. The maximum atomic E-state index is 12.1. The topological polar surface area (TPSA) is 67.4 Å². The summed E-state index contributed by atoms with van der Waals surface area (Å²) in [7, 11) is 0. The largest absolute Gasteiger partial charge is 0.444 e. The van der Waals surface area contributed by atoms with Crippen LogP contribution in [-0.4, -0.2) is 29.7 Å². The van der Waals surface area contributed by atoms with E-state index >= 15 is 0 Å². The van der Waals surface area contributed by atoms with Gasteiger partial charge in [-0.2, -0.15) is 0 Å². The average Bonchev–Trinajstić information content (AvgIpc) is 2.18. The molecule has 18 heavy (non-hydrogen) atoms. The van der Waals surface area contributed by atoms with E-state index in [4.69, 9.17) is 4.74 Å². The minimum atomic E-state index is -0.847. The van der Waals surface area contributed by atoms with Gasteiger partial charge in [0.25, 0.3) is 0 Å². The first-order chi connectivity index (χ1) is 8.17. The highest BCUT2D eigenvalue weighted by Gasteiger charge is 2.45. The van der Waals surface area contributed by atoms with Gasteiger partial charge in [0.2, 0.25) is 5.91 Å². The Kier molecular flexibility index (Phi) is 4.24. The van der Waals surface area contributed by atoms with Gasteiger partial charge in [-0.3, -0.25) is 4.79 Å². The van der Waals surface area contributed by atoms with Gasteiger partial charge in [-0.1, -0.05) is 13.8 Å². The third-order valence-corrected chi connectivity index (χ3v) is 3.15. The normalized spacial score (nSPS) is 24.7. The fourth-order valence-electron chi connectivity index (χ4n) is 2.14. The van der Waals surface area contributed by atoms with Gasteiger partial charge in [0, 0.05) is 6.54 Å². The second kappa shape index (κ2) is 5.16. The summed E-state index contributed by atoms with van der Waals surface area (Å²) in [5.41, 5.74) is -1.41. The fourth-order valence-corrected chi connectivity index (χ4v) is 2.14. The van der Waals surface area contributed by atoms with Crippen molar-refractivity contribution in [1.82, 2.24) is 10.6 Å². The molecule has 1 heterocycles. The van der Waals surface area contributed by atoms with Crippen LogP contribution in [0.1, 0.15) is 47.5 Å². The van der Waals surface area contributed by atoms with E-state index < -0.39 is 17.2 Å². The SMILES string of the molecule is CC(C)C1(NC(=O)OC(C)(C)C)CCCNC1=O. The molecule has 1 saturated heterocycles. The summed E-state index contributed by atoms with van der Waals surface area (Å²) in [5, 5.41) is 5.58. The quantitative estimate of drug-likeness (QED) is 0.792. The summed E-state index contributed by atoms with van der Waals surface area (Å²) < 4.78 is 5.23. The summed E-state index contributed by atoms with van der Waals surface area (Å²) in [5.74, 6) is -0.0973. The summed E-state index contributed by atoms with van der Waals surface area (Å²) in [6.45, 7) is 9.94. The van der Waals surface area contributed by atoms with Crippen LogP contribution in [0.25, 0.3) is 0 Å². The molecule has 0 saturated carbocycles. The Morgan fingerprint density at radius 2 is 2.06 bits per heavy atom. The van der Waals surface area contributed by atoms with E-state index in [-0.39, 0.29) is 11.8 Å². The highest BCUT2D eigenvalue weighted by Crippen LogP contribution is 2.26. The summed E-state index contributed by atoms with van der Waals surface area (Å²) in [6, 6.07) is 0. The minimum Gasteiger partial charge on any atom is -0.444 e. The van der Waals surface area contributed by atoms with Crippen LogP contribution in [0.15, 0.2) is 0 Å². The van der Waals surface area contributed by atoms with Crippen LogP contribution < -0.4 is 10.6 Å². The highest BCUT2D eigenvalue weighted by molar-refractivity contribution is 5.90. The first-order valence-corrected chi connectivity index (χ1v) is 6.47. The van der Waals surface area contributed by atoms with E-state index in [0.717, 1.165) is 6.42 Å². The molecule has 1 unspecified atom stereocenters. The van der Waals surface area contributed by atoms with Crippen LogP contribution in [0.2, 0.25) is 0 Å². The number of carbonyl (C=O) groups excluding carboxylic acids is 2. The van der Waals surface area contributed by atoms with Crippen LogP contribution in [0.5, 0.6) is 0 Å². The lowest BCUT2D eigenvalue weighted by Crippen LogP contribution is -2.64. The minimum absolute atomic E-state index is 0.0188. The van der Waals surface area contributed by atoms with Gasteiger partial charge in [0.05, 0.1) is 0 Å². The molecule has 2 amide bonds. The molecular weight excluding hydrogens is 232 g/mol. The van der Waals surface area contributed by atoms with Crippen molar-refractivity contribution in [2.24, 2.45) is 5.92 Å². The molecule has 0 bridgehead atoms. The molecule has 104 valence electrons. The lowest BCUT2D eigenvalue weighted by Gasteiger charge is -2.40. The maximum Gasteiger partial charge on any atom is 0.408 e. The van der Waals surface area contributed by atoms with E-state index in [1.165, 1.54) is 0 Å². The second-order valence-electron chi connectivity index (χ2n) is 6.11. The Labute approximate surface area is 109 Å². The van der Waals surface area contributed by atoms with Gasteiger partial charge < -0.3 is 15.4 Å². The van der Waals surface area contributed by atoms with E-state index in [1.807, 2.05) is 13.8 Å². The summed E-state index contributed by atoms with van der Waals surface area (Å²) in [6.07, 6.45) is 0.975. The van der Waals surface area contributed by atoms with Crippen molar-refractivity contribution in [3.05, 3.63) is 0 Å². The first-order valence-electron chi connectivity index (χ1n) is 6.47. The Morgan fingerprint density at radius 3 is 2.50 bits per heavy atom. The molecule has 0 aromatic carbocycles.